The van der Waals surface area contributed by atoms with Crippen LogP contribution in [0.2, 0.25) is 0 Å². The Balaban J connectivity index is 2.00. The van der Waals surface area contributed by atoms with Gasteiger partial charge in [0.15, 0.2) is 0 Å². The number of hydrogen-bond donors (Lipinski definition) is 1. The maximum Gasteiger partial charge on any atom is 0.408 e. The largest absolute Gasteiger partial charge is 0.489 e. The van der Waals surface area contributed by atoms with Crippen molar-refractivity contribution in [2.75, 3.05) is 6.61 Å². The molecule has 1 atom stereocenters. The lowest BCUT2D eigenvalue weighted by molar-refractivity contribution is -0.137. The maximum absolute atomic E-state index is 12.2. The van der Waals surface area contributed by atoms with Crippen molar-refractivity contribution in [3.05, 3.63) is 77.9 Å². The summed E-state index contributed by atoms with van der Waals surface area (Å²) < 4.78 is 16.1. The monoisotopic (exact) mass is 425 g/mol. The van der Waals surface area contributed by atoms with Crippen molar-refractivity contribution in [3.63, 3.8) is 0 Å². The second kappa shape index (κ2) is 11.8. The van der Waals surface area contributed by atoms with Crippen molar-refractivity contribution < 1.29 is 23.8 Å². The summed E-state index contributed by atoms with van der Waals surface area (Å²) in [6.45, 7) is 7.91. The molecule has 1 amide bonds. The molecule has 31 heavy (non-hydrogen) atoms. The molecule has 1 N–H and O–H groups in total. The van der Waals surface area contributed by atoms with Gasteiger partial charge in [-0.15, -0.1) is 0 Å². The molecular formula is C25H31NO5. The topological polar surface area (TPSA) is 73.9 Å². The molecule has 0 aliphatic rings. The fourth-order valence-corrected chi connectivity index (χ4v) is 2.73. The molecule has 0 bridgehead atoms. The third-order valence-corrected chi connectivity index (χ3v) is 4.08. The average Bonchev–Trinajstić information content (AvgIpc) is 2.71. The summed E-state index contributed by atoms with van der Waals surface area (Å²) >= 11 is 0. The molecule has 2 rings (SSSR count). The van der Waals surface area contributed by atoms with E-state index in [4.69, 9.17) is 14.2 Å². The summed E-state index contributed by atoms with van der Waals surface area (Å²) in [5.41, 5.74) is 1.45. The van der Waals surface area contributed by atoms with E-state index in [0.29, 0.717) is 13.0 Å². The van der Waals surface area contributed by atoms with E-state index in [-0.39, 0.29) is 6.61 Å². The molecule has 6 nitrogen and oxygen atoms in total. The quantitative estimate of drug-likeness (QED) is 0.461. The van der Waals surface area contributed by atoms with Gasteiger partial charge >= 0.3 is 12.1 Å². The number of carbonyl (C=O) groups is 2. The van der Waals surface area contributed by atoms with Gasteiger partial charge in [-0.05, 0) is 57.4 Å². The van der Waals surface area contributed by atoms with E-state index in [1.165, 1.54) is 6.08 Å². The lowest BCUT2D eigenvalue weighted by atomic mass is 10.1. The van der Waals surface area contributed by atoms with Crippen molar-refractivity contribution in [2.24, 2.45) is 0 Å². The zero-order valence-corrected chi connectivity index (χ0v) is 18.6. The van der Waals surface area contributed by atoms with Crippen LogP contribution >= 0.6 is 0 Å². The molecule has 0 radical (unpaired) electrons. The zero-order chi connectivity index (χ0) is 22.7. The Morgan fingerprint density at radius 2 is 1.68 bits per heavy atom. The number of nitrogens with one attached hydrogen (secondary N) is 1. The third-order valence-electron chi connectivity index (χ3n) is 4.08. The summed E-state index contributed by atoms with van der Waals surface area (Å²) in [5.74, 6) is 0.300. The first-order valence-corrected chi connectivity index (χ1v) is 10.4. The van der Waals surface area contributed by atoms with Gasteiger partial charge < -0.3 is 19.5 Å². The normalized spacial score (nSPS) is 12.3. The highest BCUT2D eigenvalue weighted by Gasteiger charge is 2.19. The van der Waals surface area contributed by atoms with Gasteiger partial charge in [-0.1, -0.05) is 48.5 Å². The molecule has 0 heterocycles. The number of amides is 1. The molecule has 0 aliphatic carbocycles. The van der Waals surface area contributed by atoms with Crippen molar-refractivity contribution in [1.82, 2.24) is 5.32 Å². The summed E-state index contributed by atoms with van der Waals surface area (Å²) in [7, 11) is 0. The predicted octanol–water partition coefficient (Wildman–Crippen LogP) is 4.82. The van der Waals surface area contributed by atoms with E-state index in [9.17, 15) is 9.59 Å². The number of benzene rings is 2. The second-order valence-corrected chi connectivity index (χ2v) is 7.99. The molecule has 0 aromatic heterocycles. The van der Waals surface area contributed by atoms with Crippen LogP contribution in [0, 0.1) is 0 Å². The minimum absolute atomic E-state index is 0.289. The number of esters is 1. The van der Waals surface area contributed by atoms with Gasteiger partial charge in [0.1, 0.15) is 18.0 Å². The van der Waals surface area contributed by atoms with Crippen LogP contribution < -0.4 is 10.1 Å². The fourth-order valence-electron chi connectivity index (χ4n) is 2.73. The molecule has 0 aliphatic heterocycles. The first-order chi connectivity index (χ1) is 14.7. The molecule has 2 aromatic rings. The first kappa shape index (κ1) is 24.0. The van der Waals surface area contributed by atoms with Crippen LogP contribution in [0.5, 0.6) is 5.75 Å². The first-order valence-electron chi connectivity index (χ1n) is 10.4. The summed E-state index contributed by atoms with van der Waals surface area (Å²) in [6, 6.07) is 17.1. The van der Waals surface area contributed by atoms with Crippen LogP contribution in [0.25, 0.3) is 0 Å². The van der Waals surface area contributed by atoms with Crippen LogP contribution in [0.15, 0.2) is 66.7 Å². The Morgan fingerprint density at radius 3 is 2.29 bits per heavy atom. The van der Waals surface area contributed by atoms with Crippen molar-refractivity contribution in [1.29, 1.82) is 0 Å². The standard InChI is InChI=1S/C25H31NO5/c1-5-29-23(27)16-13-21(26-24(28)31-25(2,3)4)17-19-11-14-22(15-12-19)30-18-20-9-7-6-8-10-20/h6-16,21H,5,17-18H2,1-4H3,(H,26,28)/b16-13+/t21-/m1/s1. The van der Waals surface area contributed by atoms with Crippen molar-refractivity contribution in [2.45, 2.75) is 52.4 Å². The molecule has 2 aromatic carbocycles. The number of hydrogen-bond acceptors (Lipinski definition) is 5. The van der Waals surface area contributed by atoms with E-state index in [1.54, 1.807) is 33.8 Å². The lowest BCUT2D eigenvalue weighted by Gasteiger charge is -2.22. The van der Waals surface area contributed by atoms with Gasteiger partial charge in [0.25, 0.3) is 0 Å². The van der Waals surface area contributed by atoms with E-state index in [2.05, 4.69) is 5.32 Å². The van der Waals surface area contributed by atoms with E-state index in [0.717, 1.165) is 16.9 Å². The van der Waals surface area contributed by atoms with Gasteiger partial charge in [0, 0.05) is 6.08 Å². The Hall–Kier alpha value is -3.28. The van der Waals surface area contributed by atoms with Crippen LogP contribution in [-0.2, 0) is 27.3 Å². The van der Waals surface area contributed by atoms with Gasteiger partial charge in [0.2, 0.25) is 0 Å². The van der Waals surface area contributed by atoms with Crippen molar-refractivity contribution >= 4 is 12.1 Å². The SMILES string of the molecule is CCOC(=O)/C=C/[C@H](Cc1ccc(OCc2ccccc2)cc1)NC(=O)OC(C)(C)C. The molecule has 0 unspecified atom stereocenters. The zero-order valence-electron chi connectivity index (χ0n) is 18.6. The van der Waals surface area contributed by atoms with Gasteiger partial charge in [-0.25, -0.2) is 9.59 Å². The van der Waals surface area contributed by atoms with E-state index >= 15 is 0 Å². The molecule has 0 spiro atoms. The highest BCUT2D eigenvalue weighted by Crippen LogP contribution is 2.16. The van der Waals surface area contributed by atoms with Crippen LogP contribution in [0.1, 0.15) is 38.8 Å². The van der Waals surface area contributed by atoms with Crippen LogP contribution in [0.4, 0.5) is 4.79 Å². The molecule has 0 saturated heterocycles. The van der Waals surface area contributed by atoms with E-state index < -0.39 is 23.7 Å². The molecule has 0 fully saturated rings. The smallest absolute Gasteiger partial charge is 0.408 e. The number of carbonyl (C=O) groups excluding carboxylic acids is 2. The van der Waals surface area contributed by atoms with Crippen molar-refractivity contribution in [3.8, 4) is 5.75 Å². The Bertz CT molecular complexity index is 854. The Morgan fingerprint density at radius 1 is 1.00 bits per heavy atom. The molecular weight excluding hydrogens is 394 g/mol. The number of alkyl carbamates (subject to hydrolysis) is 1. The fraction of sp³-hybridized carbons (Fsp3) is 0.360. The highest BCUT2D eigenvalue weighted by atomic mass is 16.6. The summed E-state index contributed by atoms with van der Waals surface area (Å²) in [6.07, 6.45) is 2.87. The number of ether oxygens (including phenoxy) is 3. The summed E-state index contributed by atoms with van der Waals surface area (Å²) in [4.78, 5) is 23.9. The molecule has 6 heteroatoms. The molecule has 166 valence electrons. The maximum atomic E-state index is 12.2. The minimum Gasteiger partial charge on any atom is -0.489 e. The molecule has 0 saturated carbocycles. The third kappa shape index (κ3) is 9.85. The van der Waals surface area contributed by atoms with Gasteiger partial charge in [-0.3, -0.25) is 0 Å². The van der Waals surface area contributed by atoms with Gasteiger partial charge in [0.05, 0.1) is 12.6 Å². The van der Waals surface area contributed by atoms with Crippen LogP contribution in [0.3, 0.4) is 0 Å². The summed E-state index contributed by atoms with van der Waals surface area (Å²) in [5, 5.41) is 2.79. The Kier molecular flexibility index (Phi) is 9.13. The average molecular weight is 426 g/mol. The van der Waals surface area contributed by atoms with E-state index in [1.807, 2.05) is 54.6 Å². The van der Waals surface area contributed by atoms with Crippen LogP contribution in [-0.4, -0.2) is 30.3 Å². The predicted molar refractivity (Wildman–Crippen MR) is 120 cm³/mol. The number of rotatable bonds is 9. The minimum atomic E-state index is -0.614. The van der Waals surface area contributed by atoms with Gasteiger partial charge in [-0.2, -0.15) is 0 Å². The lowest BCUT2D eigenvalue weighted by Crippen LogP contribution is -2.39. The Labute approximate surface area is 184 Å². The second-order valence-electron chi connectivity index (χ2n) is 7.99. The highest BCUT2D eigenvalue weighted by molar-refractivity contribution is 5.82.